The van der Waals surface area contributed by atoms with Crippen molar-refractivity contribution in [3.8, 4) is 0 Å². The third kappa shape index (κ3) is 7.48. The Labute approximate surface area is 225 Å². The second-order valence-electron chi connectivity index (χ2n) is 8.64. The van der Waals surface area contributed by atoms with Crippen LogP contribution in [0.3, 0.4) is 0 Å². The van der Waals surface area contributed by atoms with E-state index in [9.17, 15) is 14.0 Å². The minimum Gasteiger partial charge on any atom is -0.332 e. The van der Waals surface area contributed by atoms with Crippen LogP contribution in [0.25, 0.3) is 0 Å². The number of hydrogen-bond donors (Lipinski definition) is 4. The minimum atomic E-state index is -0.585. The molecular weight excluding hydrogens is 513 g/mol. The van der Waals surface area contributed by atoms with Crippen molar-refractivity contribution >= 4 is 63.5 Å². The van der Waals surface area contributed by atoms with Gasteiger partial charge in [0.2, 0.25) is 5.91 Å². The molecule has 0 aromatic heterocycles. The summed E-state index contributed by atoms with van der Waals surface area (Å²) in [4.78, 5) is 27.1. The Bertz CT molecular complexity index is 1280. The number of thiocarbonyl (C=S) groups is 1. The molecule has 192 valence electrons. The van der Waals surface area contributed by atoms with E-state index in [0.29, 0.717) is 34.3 Å². The summed E-state index contributed by atoms with van der Waals surface area (Å²) < 4.78 is 13.8. The number of hydrogen-bond acceptors (Lipinski definition) is 4. The monoisotopic (exact) mass is 539 g/mol. The van der Waals surface area contributed by atoms with E-state index in [4.69, 9.17) is 23.8 Å². The first-order valence-electron chi connectivity index (χ1n) is 11.9. The van der Waals surface area contributed by atoms with Gasteiger partial charge in [-0.15, -0.1) is 0 Å². The van der Waals surface area contributed by atoms with E-state index in [-0.39, 0.29) is 16.6 Å². The maximum absolute atomic E-state index is 13.8. The Morgan fingerprint density at radius 2 is 1.51 bits per heavy atom. The summed E-state index contributed by atoms with van der Waals surface area (Å²) in [6.45, 7) is 2.15. The Morgan fingerprint density at radius 3 is 2.22 bits per heavy atom. The molecule has 4 N–H and O–H groups in total. The lowest BCUT2D eigenvalue weighted by Gasteiger charge is -2.26. The molecule has 0 aliphatic carbocycles. The fourth-order valence-electron chi connectivity index (χ4n) is 4.02. The predicted molar refractivity (Wildman–Crippen MR) is 151 cm³/mol. The first-order valence-corrected chi connectivity index (χ1v) is 12.7. The van der Waals surface area contributed by atoms with Crippen LogP contribution in [0.15, 0.2) is 66.7 Å². The number of carbonyl (C=O) groups excluding carboxylic acids is 2. The number of nitrogens with one attached hydrogen (secondary N) is 4. The number of para-hydroxylation sites is 1. The third-order valence-electron chi connectivity index (χ3n) is 5.86. The summed E-state index contributed by atoms with van der Waals surface area (Å²) in [6.07, 6.45) is 3.41. The molecule has 1 saturated heterocycles. The maximum atomic E-state index is 13.8. The molecule has 0 atom stereocenters. The van der Waals surface area contributed by atoms with Crippen LogP contribution in [0.4, 0.5) is 27.1 Å². The van der Waals surface area contributed by atoms with Gasteiger partial charge in [0.05, 0.1) is 28.5 Å². The molecule has 0 unspecified atom stereocenters. The average molecular weight is 540 g/mol. The molecule has 0 radical (unpaired) electrons. The molecule has 0 spiro atoms. The molecule has 37 heavy (non-hydrogen) atoms. The van der Waals surface area contributed by atoms with Crippen molar-refractivity contribution in [3.05, 3.63) is 83.1 Å². The van der Waals surface area contributed by atoms with Crippen LogP contribution in [0.5, 0.6) is 0 Å². The molecular formula is C27H27ClFN5O2S. The predicted octanol–water partition coefficient (Wildman–Crippen LogP) is 5.96. The molecule has 3 aromatic rings. The van der Waals surface area contributed by atoms with Crippen molar-refractivity contribution in [1.29, 1.82) is 0 Å². The fraction of sp³-hybridized carbons (Fsp3) is 0.222. The van der Waals surface area contributed by atoms with Crippen LogP contribution in [-0.4, -0.2) is 41.5 Å². The van der Waals surface area contributed by atoms with Crippen molar-refractivity contribution in [2.24, 2.45) is 0 Å². The molecule has 1 fully saturated rings. The third-order valence-corrected chi connectivity index (χ3v) is 6.38. The molecule has 1 aliphatic rings. The lowest BCUT2D eigenvalue weighted by atomic mass is 10.1. The normalized spacial score (nSPS) is 13.5. The highest BCUT2D eigenvalue weighted by atomic mass is 35.5. The van der Waals surface area contributed by atoms with Crippen LogP contribution in [0.2, 0.25) is 5.02 Å². The number of halogens is 2. The Balaban J connectivity index is 1.34. The van der Waals surface area contributed by atoms with E-state index in [1.165, 1.54) is 24.6 Å². The molecule has 0 saturated carbocycles. The van der Waals surface area contributed by atoms with Crippen molar-refractivity contribution < 1.29 is 14.0 Å². The second kappa shape index (κ2) is 12.6. The lowest BCUT2D eigenvalue weighted by molar-refractivity contribution is -0.117. The van der Waals surface area contributed by atoms with Gasteiger partial charge in [-0.1, -0.05) is 36.2 Å². The highest BCUT2D eigenvalue weighted by molar-refractivity contribution is 7.80. The van der Waals surface area contributed by atoms with E-state index in [1.54, 1.807) is 48.5 Å². The topological polar surface area (TPSA) is 85.5 Å². The van der Waals surface area contributed by atoms with Gasteiger partial charge in [-0.25, -0.2) is 4.39 Å². The van der Waals surface area contributed by atoms with Crippen LogP contribution in [-0.2, 0) is 4.79 Å². The quantitative estimate of drug-likeness (QED) is 0.277. The molecule has 1 aliphatic heterocycles. The number of rotatable bonds is 7. The smallest absolute Gasteiger partial charge is 0.258 e. The van der Waals surface area contributed by atoms with Crippen molar-refractivity contribution in [1.82, 2.24) is 4.90 Å². The van der Waals surface area contributed by atoms with Crippen molar-refractivity contribution in [2.45, 2.75) is 19.3 Å². The second-order valence-corrected chi connectivity index (χ2v) is 9.45. The highest BCUT2D eigenvalue weighted by Crippen LogP contribution is 2.30. The van der Waals surface area contributed by atoms with E-state index in [0.717, 1.165) is 25.9 Å². The molecule has 3 aromatic carbocycles. The van der Waals surface area contributed by atoms with Gasteiger partial charge in [0.15, 0.2) is 5.11 Å². The van der Waals surface area contributed by atoms with E-state index < -0.39 is 11.7 Å². The van der Waals surface area contributed by atoms with Gasteiger partial charge in [0.1, 0.15) is 5.82 Å². The zero-order valence-corrected chi connectivity index (χ0v) is 21.6. The first kappa shape index (κ1) is 26.5. The summed E-state index contributed by atoms with van der Waals surface area (Å²) in [5.74, 6) is -1.26. The van der Waals surface area contributed by atoms with Gasteiger partial charge in [-0.05, 0) is 86.7 Å². The molecule has 2 amide bonds. The lowest BCUT2D eigenvalue weighted by Crippen LogP contribution is -2.37. The summed E-state index contributed by atoms with van der Waals surface area (Å²) >= 11 is 11.8. The number of anilines is 4. The summed E-state index contributed by atoms with van der Waals surface area (Å²) in [6, 6.07) is 17.8. The molecule has 1 heterocycles. The largest absolute Gasteiger partial charge is 0.332 e. The highest BCUT2D eigenvalue weighted by Gasteiger charge is 2.17. The van der Waals surface area contributed by atoms with Crippen molar-refractivity contribution in [2.75, 3.05) is 40.9 Å². The Hall–Kier alpha value is -3.53. The van der Waals surface area contributed by atoms with Gasteiger partial charge >= 0.3 is 0 Å². The molecule has 4 rings (SSSR count). The fourth-order valence-corrected chi connectivity index (χ4v) is 4.47. The van der Waals surface area contributed by atoms with Crippen LogP contribution in [0.1, 0.15) is 29.6 Å². The number of carbonyl (C=O) groups is 2. The molecule has 10 heteroatoms. The Kier molecular flexibility index (Phi) is 9.05. The zero-order valence-electron chi connectivity index (χ0n) is 20.0. The molecule has 0 bridgehead atoms. The van der Waals surface area contributed by atoms with Gasteiger partial charge < -0.3 is 21.3 Å². The number of benzene rings is 3. The Morgan fingerprint density at radius 1 is 0.838 bits per heavy atom. The zero-order chi connectivity index (χ0) is 26.2. The minimum absolute atomic E-state index is 0.0320. The SMILES string of the molecule is O=C(CN1CCCCC1)Nc1c(Cl)cccc1NC(=S)Nc1ccc(NC(=O)c2ccccc2F)cc1. The first-order chi connectivity index (χ1) is 17.9. The van der Waals surface area contributed by atoms with E-state index in [2.05, 4.69) is 26.2 Å². The van der Waals surface area contributed by atoms with Crippen LogP contribution >= 0.6 is 23.8 Å². The van der Waals surface area contributed by atoms with E-state index in [1.807, 2.05) is 0 Å². The van der Waals surface area contributed by atoms with Crippen LogP contribution in [0, 0.1) is 5.82 Å². The average Bonchev–Trinajstić information content (AvgIpc) is 2.88. The standard InChI is InChI=1S/C27H27ClFN5O2S/c28-21-8-6-10-23(25(21)33-24(35)17-34-15-4-1-5-16-34)32-27(37)31-19-13-11-18(12-14-19)30-26(36)20-7-2-3-9-22(20)29/h2-3,6-14H,1,4-5,15-17H2,(H,30,36)(H,33,35)(H2,31,32,37). The summed E-state index contributed by atoms with van der Waals surface area (Å²) in [5, 5.41) is 12.4. The van der Waals surface area contributed by atoms with Crippen molar-refractivity contribution in [3.63, 3.8) is 0 Å². The number of piperidine rings is 1. The van der Waals surface area contributed by atoms with Gasteiger partial charge in [-0.3, -0.25) is 14.5 Å². The number of amides is 2. The maximum Gasteiger partial charge on any atom is 0.258 e. The van der Waals surface area contributed by atoms with E-state index >= 15 is 0 Å². The van der Waals surface area contributed by atoms with Crippen LogP contribution < -0.4 is 21.3 Å². The number of likely N-dealkylation sites (tertiary alicyclic amines) is 1. The summed E-state index contributed by atoms with van der Waals surface area (Å²) in [5.41, 5.74) is 2.16. The molecule has 7 nitrogen and oxygen atoms in total. The van der Waals surface area contributed by atoms with Gasteiger partial charge in [0.25, 0.3) is 5.91 Å². The number of nitrogens with zero attached hydrogens (tertiary/aromatic N) is 1. The van der Waals surface area contributed by atoms with Gasteiger partial charge in [-0.2, -0.15) is 0 Å². The summed E-state index contributed by atoms with van der Waals surface area (Å²) in [7, 11) is 0. The van der Waals surface area contributed by atoms with Gasteiger partial charge in [0, 0.05) is 11.4 Å².